The number of aliphatic imine (C=N–C) groups is 2. The van der Waals surface area contributed by atoms with Crippen LogP contribution in [0, 0.1) is 0 Å². The quantitative estimate of drug-likeness (QED) is 0.520. The minimum Gasteiger partial charge on any atom is -0.324 e. The second-order valence-corrected chi connectivity index (χ2v) is 7.43. The number of hydrogen-bond acceptors (Lipinski definition) is 2. The highest BCUT2D eigenvalue weighted by atomic mass is 31.2. The summed E-state index contributed by atoms with van der Waals surface area (Å²) >= 11 is 0. The average Bonchev–Trinajstić information content (AvgIpc) is 2.29. The maximum atomic E-state index is 12.0. The lowest BCUT2D eigenvalue weighted by Crippen LogP contribution is -2.12. The van der Waals surface area contributed by atoms with Gasteiger partial charge in [0.2, 0.25) is 5.96 Å². The molecule has 0 atom stereocenters. The smallest absolute Gasteiger partial charge is 0.222 e. The zero-order valence-electron chi connectivity index (χ0n) is 11.3. The molecule has 1 N–H and O–H groups in total. The summed E-state index contributed by atoms with van der Waals surface area (Å²) in [6, 6.07) is 7.56. The summed E-state index contributed by atoms with van der Waals surface area (Å²) in [5.41, 5.74) is 0.856. The van der Waals surface area contributed by atoms with Gasteiger partial charge in [0.25, 0.3) is 0 Å². The SMILES string of the molecule is C/C=N\C(=NCC)Nc1cccc(P(C)(C)=O)c1.[HH]. The van der Waals surface area contributed by atoms with E-state index in [1.54, 1.807) is 19.5 Å². The zero-order valence-corrected chi connectivity index (χ0v) is 12.2. The van der Waals surface area contributed by atoms with Crippen LogP contribution in [0.5, 0.6) is 0 Å². The van der Waals surface area contributed by atoms with Crippen molar-refractivity contribution in [3.8, 4) is 0 Å². The molecule has 0 aliphatic heterocycles. The number of nitrogens with one attached hydrogen (secondary N) is 1. The molecular formula is C13H22N3OP. The first-order chi connectivity index (χ1) is 8.47. The van der Waals surface area contributed by atoms with Gasteiger partial charge in [0.05, 0.1) is 0 Å². The molecule has 1 rings (SSSR count). The van der Waals surface area contributed by atoms with Crippen molar-refractivity contribution in [3.63, 3.8) is 0 Å². The van der Waals surface area contributed by atoms with Gasteiger partial charge < -0.3 is 9.88 Å². The number of hydrogen-bond donors (Lipinski definition) is 1. The van der Waals surface area contributed by atoms with Gasteiger partial charge in [-0.05, 0) is 39.3 Å². The molecule has 18 heavy (non-hydrogen) atoms. The second kappa shape index (κ2) is 6.50. The first kappa shape index (κ1) is 14.7. The van der Waals surface area contributed by atoms with Crippen molar-refractivity contribution in [3.05, 3.63) is 24.3 Å². The molecule has 4 nitrogen and oxygen atoms in total. The second-order valence-electron chi connectivity index (χ2n) is 4.21. The van der Waals surface area contributed by atoms with Crippen LogP contribution in [0.3, 0.4) is 0 Å². The number of anilines is 1. The fourth-order valence-corrected chi connectivity index (χ4v) is 2.33. The van der Waals surface area contributed by atoms with Crippen LogP contribution in [0.15, 0.2) is 34.3 Å². The van der Waals surface area contributed by atoms with Gasteiger partial charge in [0.15, 0.2) is 0 Å². The fraction of sp³-hybridized carbons (Fsp3) is 0.385. The van der Waals surface area contributed by atoms with Crippen LogP contribution in [-0.4, -0.2) is 32.0 Å². The molecule has 1 aromatic carbocycles. The van der Waals surface area contributed by atoms with Crippen LogP contribution in [0.25, 0.3) is 0 Å². The Bertz CT molecular complexity index is 508. The predicted octanol–water partition coefficient (Wildman–Crippen LogP) is 3.06. The summed E-state index contributed by atoms with van der Waals surface area (Å²) in [5, 5.41) is 3.98. The average molecular weight is 267 g/mol. The largest absolute Gasteiger partial charge is 0.324 e. The summed E-state index contributed by atoms with van der Waals surface area (Å²) in [6.07, 6.45) is 1.69. The molecule has 0 heterocycles. The first-order valence-electron chi connectivity index (χ1n) is 5.93. The third-order valence-electron chi connectivity index (χ3n) is 2.28. The molecule has 0 amide bonds. The Labute approximate surface area is 110 Å². The standard InChI is InChI=1S/C13H20N3OP.H2/c1-5-14-13(15-6-2)16-11-8-7-9-12(10-11)18(3,4)17;/h5,7-10H,6H2,1-4H3,(H,15,16);1H/b14-5-;. The molecule has 0 radical (unpaired) electrons. The summed E-state index contributed by atoms with van der Waals surface area (Å²) < 4.78 is 12.0. The molecule has 0 aliphatic rings. The Balaban J connectivity index is 0.00000324. The van der Waals surface area contributed by atoms with E-state index < -0.39 is 7.14 Å². The minimum atomic E-state index is -2.24. The van der Waals surface area contributed by atoms with Gasteiger partial charge >= 0.3 is 0 Å². The minimum absolute atomic E-state index is 0. The van der Waals surface area contributed by atoms with Crippen molar-refractivity contribution in [1.82, 2.24) is 0 Å². The third kappa shape index (κ3) is 4.46. The summed E-state index contributed by atoms with van der Waals surface area (Å²) in [5.74, 6) is 0.569. The van der Waals surface area contributed by atoms with Crippen LogP contribution >= 0.6 is 7.14 Å². The van der Waals surface area contributed by atoms with Gasteiger partial charge in [-0.15, -0.1) is 0 Å². The van der Waals surface area contributed by atoms with E-state index in [1.807, 2.05) is 38.1 Å². The van der Waals surface area contributed by atoms with Crippen molar-refractivity contribution in [2.45, 2.75) is 13.8 Å². The van der Waals surface area contributed by atoms with E-state index in [0.717, 1.165) is 11.0 Å². The van der Waals surface area contributed by atoms with Crippen LogP contribution in [-0.2, 0) is 4.57 Å². The van der Waals surface area contributed by atoms with Crippen molar-refractivity contribution in [2.24, 2.45) is 9.98 Å². The molecule has 0 aromatic heterocycles. The highest BCUT2D eigenvalue weighted by Crippen LogP contribution is 2.35. The Morgan fingerprint density at radius 2 is 2.22 bits per heavy atom. The Morgan fingerprint density at radius 1 is 1.50 bits per heavy atom. The lowest BCUT2D eigenvalue weighted by Gasteiger charge is -2.10. The zero-order chi connectivity index (χ0) is 13.6. The lowest BCUT2D eigenvalue weighted by atomic mass is 10.3. The van der Waals surface area contributed by atoms with Crippen LogP contribution in [0.2, 0.25) is 0 Å². The maximum absolute atomic E-state index is 12.0. The summed E-state index contributed by atoms with van der Waals surface area (Å²) in [7, 11) is -2.24. The van der Waals surface area contributed by atoms with Crippen molar-refractivity contribution >= 4 is 30.3 Å². The summed E-state index contributed by atoms with van der Waals surface area (Å²) in [4.78, 5) is 8.39. The normalized spacial score (nSPS) is 13.0. The molecule has 0 bridgehead atoms. The van der Waals surface area contributed by atoms with E-state index >= 15 is 0 Å². The van der Waals surface area contributed by atoms with Crippen molar-refractivity contribution in [1.29, 1.82) is 0 Å². The van der Waals surface area contributed by atoms with Crippen LogP contribution in [0.4, 0.5) is 5.69 Å². The van der Waals surface area contributed by atoms with E-state index in [0.29, 0.717) is 12.5 Å². The van der Waals surface area contributed by atoms with Gasteiger partial charge in [-0.2, -0.15) is 0 Å². The van der Waals surface area contributed by atoms with Crippen molar-refractivity contribution < 1.29 is 5.99 Å². The van der Waals surface area contributed by atoms with Crippen LogP contribution < -0.4 is 10.6 Å². The number of guanidine groups is 1. The number of benzene rings is 1. The number of rotatable bonds is 3. The molecule has 100 valence electrons. The summed E-state index contributed by atoms with van der Waals surface area (Å²) in [6.45, 7) is 7.99. The van der Waals surface area contributed by atoms with E-state index in [9.17, 15) is 4.57 Å². The molecule has 0 saturated carbocycles. The van der Waals surface area contributed by atoms with Gasteiger partial charge in [0, 0.05) is 25.2 Å². The van der Waals surface area contributed by atoms with Crippen molar-refractivity contribution in [2.75, 3.05) is 25.2 Å². The first-order valence-corrected chi connectivity index (χ1v) is 8.53. The van der Waals surface area contributed by atoms with Crippen LogP contribution in [0.1, 0.15) is 15.3 Å². The van der Waals surface area contributed by atoms with Gasteiger partial charge in [-0.1, -0.05) is 12.1 Å². The molecule has 0 spiro atoms. The Kier molecular flexibility index (Phi) is 5.29. The molecule has 0 unspecified atom stereocenters. The third-order valence-corrected chi connectivity index (χ3v) is 3.81. The highest BCUT2D eigenvalue weighted by molar-refractivity contribution is 7.70. The maximum Gasteiger partial charge on any atom is 0.222 e. The van der Waals surface area contributed by atoms with E-state index in [2.05, 4.69) is 15.3 Å². The lowest BCUT2D eigenvalue weighted by molar-refractivity contribution is 0.588. The molecule has 0 aliphatic carbocycles. The van der Waals surface area contributed by atoms with Gasteiger partial charge in [-0.3, -0.25) is 4.99 Å². The van der Waals surface area contributed by atoms with E-state index in [-0.39, 0.29) is 1.43 Å². The molecular weight excluding hydrogens is 245 g/mol. The molecule has 0 saturated heterocycles. The molecule has 0 fully saturated rings. The molecule has 5 heteroatoms. The molecule has 1 aromatic rings. The topological polar surface area (TPSA) is 53.8 Å². The Morgan fingerprint density at radius 3 is 2.78 bits per heavy atom. The number of nitrogens with zero attached hydrogens (tertiary/aromatic N) is 2. The van der Waals surface area contributed by atoms with Gasteiger partial charge in [-0.25, -0.2) is 4.99 Å². The van der Waals surface area contributed by atoms with E-state index in [4.69, 9.17) is 0 Å². The predicted molar refractivity (Wildman–Crippen MR) is 83.4 cm³/mol. The highest BCUT2D eigenvalue weighted by Gasteiger charge is 2.11. The Hall–Kier alpha value is -1.41. The van der Waals surface area contributed by atoms with Gasteiger partial charge in [0.1, 0.15) is 7.14 Å². The van der Waals surface area contributed by atoms with E-state index in [1.165, 1.54) is 0 Å². The monoisotopic (exact) mass is 267 g/mol. The fourth-order valence-electron chi connectivity index (χ4n) is 1.43.